The van der Waals surface area contributed by atoms with Crippen LogP contribution in [0.4, 0.5) is 16.2 Å². The molecule has 0 atom stereocenters. The van der Waals surface area contributed by atoms with Gasteiger partial charge in [0, 0.05) is 31.7 Å². The number of nitrogens with one attached hydrogen (secondary N) is 1. The fourth-order valence-electron chi connectivity index (χ4n) is 4.33. The Morgan fingerprint density at radius 1 is 1.00 bits per heavy atom. The van der Waals surface area contributed by atoms with Gasteiger partial charge in [-0.3, -0.25) is 14.7 Å². The molecule has 176 valence electrons. The van der Waals surface area contributed by atoms with Gasteiger partial charge in [0.15, 0.2) is 0 Å². The Kier molecular flexibility index (Phi) is 6.06. The van der Waals surface area contributed by atoms with Crippen molar-refractivity contribution in [2.24, 2.45) is 0 Å². The minimum absolute atomic E-state index is 0.0421. The molecule has 7 heteroatoms. The van der Waals surface area contributed by atoms with E-state index < -0.39 is 0 Å². The van der Waals surface area contributed by atoms with Crippen molar-refractivity contribution >= 4 is 34.2 Å². The van der Waals surface area contributed by atoms with E-state index in [1.165, 1.54) is 0 Å². The number of ether oxygens (including phenoxy) is 1. The SMILES string of the molecule is Cc1cnc2c(NC(=O)c3ccccc3OCc3ccccc3)cccc2c1N1CCN(C)C1=O. The van der Waals surface area contributed by atoms with Crippen molar-refractivity contribution < 1.29 is 14.3 Å². The zero-order chi connectivity index (χ0) is 24.4. The number of rotatable bonds is 6. The summed E-state index contributed by atoms with van der Waals surface area (Å²) in [5, 5.41) is 3.82. The second-order valence-electron chi connectivity index (χ2n) is 8.57. The van der Waals surface area contributed by atoms with Gasteiger partial charge in [0.1, 0.15) is 12.4 Å². The van der Waals surface area contributed by atoms with Crippen molar-refractivity contribution in [3.63, 3.8) is 0 Å². The van der Waals surface area contributed by atoms with Gasteiger partial charge in [-0.2, -0.15) is 0 Å². The standard InChI is InChI=1S/C28H26N4O3/c1-19-17-29-25-22(26(19)32-16-15-31(2)28(32)34)12-8-13-23(25)30-27(33)21-11-6-7-14-24(21)35-18-20-9-4-3-5-10-20/h3-14,17H,15-16,18H2,1-2H3,(H,30,33). The zero-order valence-electron chi connectivity index (χ0n) is 19.7. The summed E-state index contributed by atoms with van der Waals surface area (Å²) < 4.78 is 5.97. The van der Waals surface area contributed by atoms with Crippen LogP contribution in [-0.2, 0) is 6.61 Å². The molecule has 0 radical (unpaired) electrons. The van der Waals surface area contributed by atoms with E-state index in [1.54, 1.807) is 35.2 Å². The van der Waals surface area contributed by atoms with Gasteiger partial charge in [0.25, 0.3) is 5.91 Å². The second-order valence-corrected chi connectivity index (χ2v) is 8.57. The molecule has 0 saturated carbocycles. The molecule has 1 aliphatic heterocycles. The van der Waals surface area contributed by atoms with Crippen LogP contribution in [0.5, 0.6) is 5.75 Å². The number of hydrogen-bond acceptors (Lipinski definition) is 4. The average molecular weight is 467 g/mol. The Hall–Kier alpha value is -4.39. The van der Waals surface area contributed by atoms with Gasteiger partial charge in [-0.15, -0.1) is 0 Å². The molecule has 35 heavy (non-hydrogen) atoms. The van der Waals surface area contributed by atoms with Gasteiger partial charge >= 0.3 is 6.03 Å². The summed E-state index contributed by atoms with van der Waals surface area (Å²) in [6.45, 7) is 3.58. The molecule has 0 spiro atoms. The van der Waals surface area contributed by atoms with Crippen molar-refractivity contribution in [1.29, 1.82) is 0 Å². The maximum Gasteiger partial charge on any atom is 0.324 e. The fraction of sp³-hybridized carbons (Fsp3) is 0.179. The van der Waals surface area contributed by atoms with Gasteiger partial charge in [-0.25, -0.2) is 4.79 Å². The molecular weight excluding hydrogens is 440 g/mol. The number of hydrogen-bond donors (Lipinski definition) is 1. The van der Waals surface area contributed by atoms with E-state index in [-0.39, 0.29) is 11.9 Å². The molecule has 1 saturated heterocycles. The van der Waals surface area contributed by atoms with E-state index in [2.05, 4.69) is 10.3 Å². The summed E-state index contributed by atoms with van der Waals surface area (Å²) in [6.07, 6.45) is 1.75. The zero-order valence-corrected chi connectivity index (χ0v) is 19.7. The summed E-state index contributed by atoms with van der Waals surface area (Å²) in [4.78, 5) is 34.1. The Morgan fingerprint density at radius 3 is 2.54 bits per heavy atom. The predicted molar refractivity (Wildman–Crippen MR) is 137 cm³/mol. The number of aromatic nitrogens is 1. The van der Waals surface area contributed by atoms with Crippen molar-refractivity contribution in [3.8, 4) is 5.75 Å². The lowest BCUT2D eigenvalue weighted by Gasteiger charge is -2.21. The van der Waals surface area contributed by atoms with Crippen molar-refractivity contribution in [1.82, 2.24) is 9.88 Å². The summed E-state index contributed by atoms with van der Waals surface area (Å²) in [7, 11) is 1.80. The van der Waals surface area contributed by atoms with Crippen LogP contribution in [0, 0.1) is 6.92 Å². The number of likely N-dealkylation sites (N-methyl/N-ethyl adjacent to an activating group) is 1. The van der Waals surface area contributed by atoms with E-state index >= 15 is 0 Å². The summed E-state index contributed by atoms with van der Waals surface area (Å²) in [5.41, 5.74) is 4.39. The lowest BCUT2D eigenvalue weighted by molar-refractivity contribution is 0.102. The minimum Gasteiger partial charge on any atom is -0.488 e. The topological polar surface area (TPSA) is 74.8 Å². The molecule has 4 aromatic rings. The van der Waals surface area contributed by atoms with Gasteiger partial charge in [0.05, 0.1) is 22.5 Å². The Labute approximate surface area is 204 Å². The van der Waals surface area contributed by atoms with E-state index in [0.717, 1.165) is 22.2 Å². The molecule has 3 amide bonds. The first-order valence-corrected chi connectivity index (χ1v) is 11.5. The highest BCUT2D eigenvalue weighted by molar-refractivity contribution is 6.12. The highest BCUT2D eigenvalue weighted by atomic mass is 16.5. The quantitative estimate of drug-likeness (QED) is 0.421. The molecular formula is C28H26N4O3. The maximum absolute atomic E-state index is 13.3. The highest BCUT2D eigenvalue weighted by Gasteiger charge is 2.29. The van der Waals surface area contributed by atoms with Crippen LogP contribution in [-0.4, -0.2) is 42.0 Å². The number of fused-ring (bicyclic) bond motifs is 1. The number of urea groups is 1. The number of nitrogens with zero attached hydrogens (tertiary/aromatic N) is 3. The van der Waals surface area contributed by atoms with E-state index in [4.69, 9.17) is 4.74 Å². The largest absolute Gasteiger partial charge is 0.488 e. The second kappa shape index (κ2) is 9.46. The number of amides is 3. The molecule has 5 rings (SSSR count). The molecule has 3 aromatic carbocycles. The lowest BCUT2D eigenvalue weighted by Crippen LogP contribution is -2.30. The van der Waals surface area contributed by atoms with Crippen LogP contribution in [0.15, 0.2) is 79.0 Å². The molecule has 7 nitrogen and oxygen atoms in total. The maximum atomic E-state index is 13.3. The van der Waals surface area contributed by atoms with Crippen LogP contribution in [0.1, 0.15) is 21.5 Å². The van der Waals surface area contributed by atoms with Crippen LogP contribution in [0.25, 0.3) is 10.9 Å². The third kappa shape index (κ3) is 4.40. The average Bonchev–Trinajstić information content (AvgIpc) is 3.21. The molecule has 2 heterocycles. The first kappa shape index (κ1) is 22.4. The molecule has 1 fully saturated rings. The number of pyridine rings is 1. The van der Waals surface area contributed by atoms with E-state index in [0.29, 0.717) is 42.2 Å². The van der Waals surface area contributed by atoms with Crippen LogP contribution >= 0.6 is 0 Å². The van der Waals surface area contributed by atoms with E-state index in [1.807, 2.05) is 67.6 Å². The minimum atomic E-state index is -0.290. The fourth-order valence-corrected chi connectivity index (χ4v) is 4.33. The third-order valence-corrected chi connectivity index (χ3v) is 6.16. The summed E-state index contributed by atoms with van der Waals surface area (Å²) >= 11 is 0. The van der Waals surface area contributed by atoms with Crippen molar-refractivity contribution in [2.45, 2.75) is 13.5 Å². The molecule has 0 bridgehead atoms. The molecule has 0 aliphatic carbocycles. The first-order chi connectivity index (χ1) is 17.0. The smallest absolute Gasteiger partial charge is 0.324 e. The number of para-hydroxylation sites is 2. The van der Waals surface area contributed by atoms with Gasteiger partial charge in [0.2, 0.25) is 0 Å². The Balaban J connectivity index is 1.44. The Bertz CT molecular complexity index is 1400. The molecule has 1 aliphatic rings. The van der Waals surface area contributed by atoms with Crippen LogP contribution < -0.4 is 15.0 Å². The number of anilines is 2. The van der Waals surface area contributed by atoms with Crippen molar-refractivity contribution in [3.05, 3.63) is 95.7 Å². The molecule has 1 N–H and O–H groups in total. The summed E-state index contributed by atoms with van der Waals surface area (Å²) in [5.74, 6) is 0.214. The number of carbonyl (C=O) groups excluding carboxylic acids is 2. The van der Waals surface area contributed by atoms with Crippen LogP contribution in [0.2, 0.25) is 0 Å². The Morgan fingerprint density at radius 2 is 1.77 bits per heavy atom. The van der Waals surface area contributed by atoms with Gasteiger partial charge < -0.3 is 15.0 Å². The first-order valence-electron chi connectivity index (χ1n) is 11.5. The highest BCUT2D eigenvalue weighted by Crippen LogP contribution is 2.34. The normalized spacial score (nSPS) is 13.4. The van der Waals surface area contributed by atoms with E-state index in [9.17, 15) is 9.59 Å². The summed E-state index contributed by atoms with van der Waals surface area (Å²) in [6, 6.07) is 22.6. The number of carbonyl (C=O) groups is 2. The van der Waals surface area contributed by atoms with Gasteiger partial charge in [-0.1, -0.05) is 54.6 Å². The third-order valence-electron chi connectivity index (χ3n) is 6.16. The monoisotopic (exact) mass is 466 g/mol. The van der Waals surface area contributed by atoms with Gasteiger partial charge in [-0.05, 0) is 36.2 Å². The lowest BCUT2D eigenvalue weighted by atomic mass is 10.1. The predicted octanol–water partition coefficient (Wildman–Crippen LogP) is 5.25. The molecule has 0 unspecified atom stereocenters. The number of benzene rings is 3. The van der Waals surface area contributed by atoms with Crippen molar-refractivity contribution in [2.75, 3.05) is 30.4 Å². The molecule has 1 aromatic heterocycles. The van der Waals surface area contributed by atoms with Crippen LogP contribution in [0.3, 0.4) is 0 Å². The number of aryl methyl sites for hydroxylation is 1.